The van der Waals surface area contributed by atoms with Gasteiger partial charge in [0.1, 0.15) is 5.75 Å². The molecule has 0 aliphatic heterocycles. The van der Waals surface area contributed by atoms with Crippen LogP contribution in [0.2, 0.25) is 0 Å². The first-order chi connectivity index (χ1) is 10.6. The number of hydrogen-bond acceptors (Lipinski definition) is 4. The topological polar surface area (TPSA) is 72.5 Å². The van der Waals surface area contributed by atoms with Crippen molar-refractivity contribution in [2.45, 2.75) is 72.3 Å². The van der Waals surface area contributed by atoms with Crippen molar-refractivity contribution in [2.75, 3.05) is 7.11 Å². The van der Waals surface area contributed by atoms with Gasteiger partial charge < -0.3 is 15.6 Å². The van der Waals surface area contributed by atoms with E-state index >= 15 is 0 Å². The van der Waals surface area contributed by atoms with Crippen molar-refractivity contribution >= 4 is 18.4 Å². The monoisotopic (exact) mass is 371 g/mol. The van der Waals surface area contributed by atoms with Crippen LogP contribution in [0.5, 0.6) is 5.75 Å². The van der Waals surface area contributed by atoms with Crippen molar-refractivity contribution in [1.29, 1.82) is 0 Å². The predicted molar refractivity (Wildman–Crippen MR) is 105 cm³/mol. The van der Waals surface area contributed by atoms with Gasteiger partial charge in [-0.05, 0) is 53.5 Å². The van der Waals surface area contributed by atoms with Crippen LogP contribution >= 0.6 is 12.4 Å². The zero-order valence-corrected chi connectivity index (χ0v) is 17.8. The number of nitrogens with two attached hydrogens (primary N) is 1. The molecule has 1 aromatic carbocycles. The van der Waals surface area contributed by atoms with E-state index in [2.05, 4.69) is 41.5 Å². The first kappa shape index (κ1) is 23.7. The lowest BCUT2D eigenvalue weighted by molar-refractivity contribution is -0.152. The molecule has 0 unspecified atom stereocenters. The van der Waals surface area contributed by atoms with Gasteiger partial charge in [-0.1, -0.05) is 41.5 Å². The van der Waals surface area contributed by atoms with E-state index in [1.54, 1.807) is 13.8 Å². The lowest BCUT2D eigenvalue weighted by atomic mass is 9.74. The lowest BCUT2D eigenvalue weighted by Gasteiger charge is -2.33. The molecule has 5 heteroatoms. The van der Waals surface area contributed by atoms with Gasteiger partial charge in [0.15, 0.2) is 0 Å². The minimum absolute atomic E-state index is 0. The Labute approximate surface area is 158 Å². The van der Waals surface area contributed by atoms with Crippen LogP contribution in [0.25, 0.3) is 0 Å². The van der Waals surface area contributed by atoms with E-state index in [1.807, 2.05) is 12.1 Å². The molecule has 3 N–H and O–H groups in total. The van der Waals surface area contributed by atoms with Crippen LogP contribution in [0.3, 0.4) is 0 Å². The molecule has 1 rings (SSSR count). The van der Waals surface area contributed by atoms with E-state index in [4.69, 9.17) is 10.5 Å². The molecule has 0 radical (unpaired) electrons. The maximum Gasteiger partial charge on any atom is 0.313 e. The van der Waals surface area contributed by atoms with E-state index in [0.29, 0.717) is 5.75 Å². The minimum atomic E-state index is -0.865. The number of phenolic OH excluding ortho intramolecular Hbond substituents is 1. The summed E-state index contributed by atoms with van der Waals surface area (Å²) in [4.78, 5) is 12.1. The summed E-state index contributed by atoms with van der Waals surface area (Å²) in [6.45, 7) is 15.9. The molecule has 1 atom stereocenters. The molecule has 0 aliphatic carbocycles. The van der Waals surface area contributed by atoms with E-state index in [0.717, 1.165) is 16.7 Å². The number of halogens is 1. The summed E-state index contributed by atoms with van der Waals surface area (Å²) in [7, 11) is 1.37. The largest absolute Gasteiger partial charge is 0.507 e. The van der Waals surface area contributed by atoms with Gasteiger partial charge in [0.25, 0.3) is 0 Å². The summed E-state index contributed by atoms with van der Waals surface area (Å²) < 4.78 is 4.91. The molecule has 0 bridgehead atoms. The summed E-state index contributed by atoms with van der Waals surface area (Å²) in [6.07, 6.45) is 0. The molecule has 1 aromatic rings. The quantitative estimate of drug-likeness (QED) is 0.761. The van der Waals surface area contributed by atoms with Crippen molar-refractivity contribution in [3.8, 4) is 5.75 Å². The predicted octanol–water partition coefficient (Wildman–Crippen LogP) is 4.61. The first-order valence-corrected chi connectivity index (χ1v) is 8.36. The lowest BCUT2D eigenvalue weighted by Crippen LogP contribution is -2.37. The third kappa shape index (κ3) is 4.89. The molecular formula is C20H34ClNO3. The highest BCUT2D eigenvalue weighted by atomic mass is 35.5. The van der Waals surface area contributed by atoms with Gasteiger partial charge in [0.2, 0.25) is 0 Å². The van der Waals surface area contributed by atoms with E-state index in [-0.39, 0.29) is 29.2 Å². The van der Waals surface area contributed by atoms with Crippen LogP contribution in [-0.2, 0) is 20.4 Å². The fourth-order valence-corrected chi connectivity index (χ4v) is 2.79. The number of ether oxygens (including phenoxy) is 1. The number of methoxy groups -OCH3 is 1. The average molecular weight is 372 g/mol. The van der Waals surface area contributed by atoms with Gasteiger partial charge in [0, 0.05) is 6.04 Å². The molecule has 0 aromatic heterocycles. The smallest absolute Gasteiger partial charge is 0.313 e. The second kappa shape index (κ2) is 7.55. The van der Waals surface area contributed by atoms with Crippen LogP contribution in [0.4, 0.5) is 0 Å². The maximum atomic E-state index is 12.1. The number of carbonyl (C=O) groups is 1. The summed E-state index contributed by atoms with van der Waals surface area (Å²) in [5.41, 5.74) is 7.59. The highest BCUT2D eigenvalue weighted by Gasteiger charge is 2.38. The van der Waals surface area contributed by atoms with Crippen molar-refractivity contribution in [3.63, 3.8) is 0 Å². The molecule has 4 nitrogen and oxygen atoms in total. The van der Waals surface area contributed by atoms with Crippen molar-refractivity contribution < 1.29 is 14.6 Å². The molecule has 0 spiro atoms. The van der Waals surface area contributed by atoms with Gasteiger partial charge in [-0.15, -0.1) is 12.4 Å². The fraction of sp³-hybridized carbons (Fsp3) is 0.650. The molecular weight excluding hydrogens is 338 g/mol. The SMILES string of the molecule is COC(=O)C(C)(C)[C@@H](N)c1cc(C(C)(C)C)c(O)c(C(C)(C)C)c1.Cl. The third-order valence-electron chi connectivity index (χ3n) is 4.60. The van der Waals surface area contributed by atoms with Gasteiger partial charge in [0.05, 0.1) is 12.5 Å². The van der Waals surface area contributed by atoms with Crippen molar-refractivity contribution in [3.05, 3.63) is 28.8 Å². The maximum absolute atomic E-state index is 12.1. The highest BCUT2D eigenvalue weighted by Crippen LogP contribution is 2.43. The Bertz CT molecular complexity index is 590. The van der Waals surface area contributed by atoms with Crippen LogP contribution in [-0.4, -0.2) is 18.2 Å². The first-order valence-electron chi connectivity index (χ1n) is 8.36. The molecule has 144 valence electrons. The second-order valence-electron chi connectivity index (χ2n) is 9.16. The molecule has 0 fully saturated rings. The summed E-state index contributed by atoms with van der Waals surface area (Å²) in [5.74, 6) is -0.0421. The second-order valence-corrected chi connectivity index (χ2v) is 9.16. The Balaban J connectivity index is 0.00000576. The number of hydrogen-bond donors (Lipinski definition) is 2. The Morgan fingerprint density at radius 3 is 1.64 bits per heavy atom. The van der Waals surface area contributed by atoms with E-state index in [9.17, 15) is 9.90 Å². The Kier molecular flexibility index (Phi) is 7.17. The molecule has 0 amide bonds. The number of benzene rings is 1. The van der Waals surface area contributed by atoms with Crippen LogP contribution < -0.4 is 5.73 Å². The number of carbonyl (C=O) groups excluding carboxylic acids is 1. The molecule has 0 heterocycles. The van der Waals surface area contributed by atoms with Crippen molar-refractivity contribution in [1.82, 2.24) is 0 Å². The molecule has 0 saturated heterocycles. The van der Waals surface area contributed by atoms with Gasteiger partial charge in [-0.2, -0.15) is 0 Å². The number of phenols is 1. The number of esters is 1. The van der Waals surface area contributed by atoms with Gasteiger partial charge in [-0.25, -0.2) is 0 Å². The van der Waals surface area contributed by atoms with Crippen molar-refractivity contribution in [2.24, 2.45) is 11.1 Å². The normalized spacial score (nSPS) is 13.8. The zero-order valence-electron chi connectivity index (χ0n) is 17.0. The summed E-state index contributed by atoms with van der Waals surface area (Å²) in [6, 6.07) is 3.30. The Morgan fingerprint density at radius 2 is 1.36 bits per heavy atom. The molecule has 25 heavy (non-hydrogen) atoms. The Hall–Kier alpha value is -1.26. The van der Waals surface area contributed by atoms with E-state index in [1.165, 1.54) is 7.11 Å². The third-order valence-corrected chi connectivity index (χ3v) is 4.60. The Morgan fingerprint density at radius 1 is 1.00 bits per heavy atom. The van der Waals surface area contributed by atoms with E-state index < -0.39 is 11.5 Å². The highest BCUT2D eigenvalue weighted by molar-refractivity contribution is 5.85. The summed E-state index contributed by atoms with van der Waals surface area (Å²) >= 11 is 0. The molecule has 0 aliphatic rings. The number of rotatable bonds is 3. The summed E-state index contributed by atoms with van der Waals surface area (Å²) in [5, 5.41) is 10.8. The van der Waals surface area contributed by atoms with Gasteiger partial charge >= 0.3 is 5.97 Å². The number of aromatic hydroxyl groups is 1. The average Bonchev–Trinajstić information content (AvgIpc) is 2.43. The minimum Gasteiger partial charge on any atom is -0.507 e. The molecule has 0 saturated carbocycles. The fourth-order valence-electron chi connectivity index (χ4n) is 2.79. The standard InChI is InChI=1S/C20H33NO3.ClH/c1-18(2,3)13-10-12(11-14(15(13)22)19(4,5)6)16(21)20(7,8)17(23)24-9;/h10-11,16,22H,21H2,1-9H3;1H/t16-;/m0./s1. The van der Waals surface area contributed by atoms with Crippen LogP contribution in [0.1, 0.15) is 78.1 Å². The zero-order chi connectivity index (χ0) is 19.1. The van der Waals surface area contributed by atoms with Gasteiger partial charge in [-0.3, -0.25) is 4.79 Å². The van der Waals surface area contributed by atoms with Crippen LogP contribution in [0.15, 0.2) is 12.1 Å². The van der Waals surface area contributed by atoms with Crippen LogP contribution in [0, 0.1) is 5.41 Å².